The molecule has 0 bridgehead atoms. The van der Waals surface area contributed by atoms with Crippen molar-refractivity contribution in [3.8, 4) is 17.2 Å². The van der Waals surface area contributed by atoms with Crippen molar-refractivity contribution in [3.63, 3.8) is 0 Å². The molecule has 0 aliphatic carbocycles. The van der Waals surface area contributed by atoms with E-state index in [1.807, 2.05) is 36.4 Å². The van der Waals surface area contributed by atoms with E-state index in [0.717, 1.165) is 22.7 Å². The van der Waals surface area contributed by atoms with Gasteiger partial charge in [0.2, 0.25) is 0 Å². The van der Waals surface area contributed by atoms with E-state index < -0.39 is 0 Å². The van der Waals surface area contributed by atoms with Crippen LogP contribution in [-0.2, 0) is 6.54 Å². The lowest BCUT2D eigenvalue weighted by atomic mass is 10.2. The van der Waals surface area contributed by atoms with Crippen LogP contribution in [-0.4, -0.2) is 20.3 Å². The molecule has 110 valence electrons. The summed E-state index contributed by atoms with van der Waals surface area (Å²) in [5.41, 5.74) is 2.06. The molecule has 4 nitrogen and oxygen atoms in total. The first-order valence-electron chi connectivity index (χ1n) is 6.72. The van der Waals surface area contributed by atoms with E-state index in [1.54, 1.807) is 7.11 Å². The molecule has 0 saturated carbocycles. The molecule has 1 aliphatic heterocycles. The number of benzene rings is 2. The fourth-order valence-corrected chi connectivity index (χ4v) is 2.46. The highest BCUT2D eigenvalue weighted by Crippen LogP contribution is 2.33. The van der Waals surface area contributed by atoms with E-state index in [2.05, 4.69) is 5.32 Å². The van der Waals surface area contributed by atoms with Crippen LogP contribution in [0.4, 0.5) is 5.69 Å². The fourth-order valence-electron chi connectivity index (χ4n) is 2.18. The number of rotatable bonds is 4. The second kappa shape index (κ2) is 6.14. The molecule has 1 aliphatic rings. The first-order valence-corrected chi connectivity index (χ1v) is 7.10. The van der Waals surface area contributed by atoms with Gasteiger partial charge in [-0.25, -0.2) is 0 Å². The molecule has 0 saturated heterocycles. The molecular formula is C16H16ClNO3. The van der Waals surface area contributed by atoms with Gasteiger partial charge in [-0.2, -0.15) is 0 Å². The van der Waals surface area contributed by atoms with Gasteiger partial charge in [0.25, 0.3) is 0 Å². The molecule has 0 radical (unpaired) electrons. The molecule has 0 spiro atoms. The van der Waals surface area contributed by atoms with E-state index in [1.165, 1.54) is 0 Å². The zero-order valence-corrected chi connectivity index (χ0v) is 12.4. The zero-order chi connectivity index (χ0) is 14.7. The number of nitrogens with one attached hydrogen (secondary N) is 1. The van der Waals surface area contributed by atoms with Crippen molar-refractivity contribution in [2.75, 3.05) is 25.6 Å². The molecule has 0 atom stereocenters. The topological polar surface area (TPSA) is 39.7 Å². The monoisotopic (exact) mass is 305 g/mol. The molecule has 0 amide bonds. The van der Waals surface area contributed by atoms with Crippen LogP contribution in [0.1, 0.15) is 5.56 Å². The van der Waals surface area contributed by atoms with Crippen LogP contribution >= 0.6 is 11.6 Å². The Hall–Kier alpha value is -2.07. The van der Waals surface area contributed by atoms with Crippen LogP contribution < -0.4 is 19.5 Å². The van der Waals surface area contributed by atoms with Gasteiger partial charge >= 0.3 is 0 Å². The van der Waals surface area contributed by atoms with Crippen molar-refractivity contribution >= 4 is 17.3 Å². The van der Waals surface area contributed by atoms with Gasteiger partial charge in [0.15, 0.2) is 11.5 Å². The van der Waals surface area contributed by atoms with Crippen molar-refractivity contribution in [1.82, 2.24) is 0 Å². The van der Waals surface area contributed by atoms with Crippen LogP contribution in [0.3, 0.4) is 0 Å². The maximum Gasteiger partial charge on any atom is 0.163 e. The van der Waals surface area contributed by atoms with Gasteiger partial charge in [0.05, 0.1) is 12.1 Å². The van der Waals surface area contributed by atoms with Gasteiger partial charge < -0.3 is 19.5 Å². The van der Waals surface area contributed by atoms with E-state index in [9.17, 15) is 0 Å². The highest BCUT2D eigenvalue weighted by molar-refractivity contribution is 6.32. The van der Waals surface area contributed by atoms with Crippen LogP contribution in [0.2, 0.25) is 5.02 Å². The Labute approximate surface area is 128 Å². The normalized spacial score (nSPS) is 12.9. The average molecular weight is 306 g/mol. The molecule has 2 aromatic carbocycles. The lowest BCUT2D eigenvalue weighted by Crippen LogP contribution is -2.15. The van der Waals surface area contributed by atoms with Crippen molar-refractivity contribution in [1.29, 1.82) is 0 Å². The first kappa shape index (κ1) is 13.9. The van der Waals surface area contributed by atoms with E-state index in [-0.39, 0.29) is 0 Å². The third-order valence-corrected chi connectivity index (χ3v) is 3.55. The van der Waals surface area contributed by atoms with Gasteiger partial charge in [0.1, 0.15) is 19.0 Å². The molecule has 3 rings (SSSR count). The Morgan fingerprint density at radius 3 is 2.67 bits per heavy atom. The predicted octanol–water partition coefficient (Wildman–Crippen LogP) is 3.73. The van der Waals surface area contributed by atoms with Crippen LogP contribution in [0, 0.1) is 0 Å². The third kappa shape index (κ3) is 3.16. The van der Waals surface area contributed by atoms with E-state index >= 15 is 0 Å². The predicted molar refractivity (Wildman–Crippen MR) is 82.8 cm³/mol. The smallest absolute Gasteiger partial charge is 0.163 e. The number of fused-ring (bicyclic) bond motifs is 1. The van der Waals surface area contributed by atoms with Gasteiger partial charge in [-0.05, 0) is 29.8 Å². The van der Waals surface area contributed by atoms with Gasteiger partial charge in [-0.1, -0.05) is 17.7 Å². The average Bonchev–Trinajstić information content (AvgIpc) is 2.53. The number of anilines is 1. The SMILES string of the molecule is COc1ccc(CNc2ccc3c(c2)OCCO3)cc1Cl. The molecule has 1 heterocycles. The largest absolute Gasteiger partial charge is 0.495 e. The number of halogens is 1. The van der Waals surface area contributed by atoms with Gasteiger partial charge in [0, 0.05) is 18.3 Å². The lowest BCUT2D eigenvalue weighted by Gasteiger charge is -2.19. The summed E-state index contributed by atoms with van der Waals surface area (Å²) in [6.45, 7) is 1.86. The highest BCUT2D eigenvalue weighted by Gasteiger charge is 2.11. The molecule has 0 fully saturated rings. The second-order valence-electron chi connectivity index (χ2n) is 4.68. The molecule has 0 unspecified atom stereocenters. The standard InChI is InChI=1S/C16H16ClNO3/c1-19-14-4-2-11(8-13(14)17)10-18-12-3-5-15-16(9-12)21-7-6-20-15/h2-5,8-9,18H,6-7,10H2,1H3. The maximum absolute atomic E-state index is 6.12. The van der Waals surface area contributed by atoms with Crippen molar-refractivity contribution < 1.29 is 14.2 Å². The summed E-state index contributed by atoms with van der Waals surface area (Å²) in [7, 11) is 1.61. The van der Waals surface area contributed by atoms with Crippen molar-refractivity contribution in [2.24, 2.45) is 0 Å². The summed E-state index contributed by atoms with van der Waals surface area (Å²) >= 11 is 6.12. The Kier molecular flexibility index (Phi) is 4.06. The zero-order valence-electron chi connectivity index (χ0n) is 11.7. The minimum Gasteiger partial charge on any atom is -0.495 e. The van der Waals surface area contributed by atoms with E-state index in [0.29, 0.717) is 30.5 Å². The van der Waals surface area contributed by atoms with Crippen LogP contribution in [0.15, 0.2) is 36.4 Å². The molecule has 2 aromatic rings. The summed E-state index contributed by atoms with van der Waals surface area (Å²) in [6, 6.07) is 11.6. The maximum atomic E-state index is 6.12. The summed E-state index contributed by atoms with van der Waals surface area (Å²) < 4.78 is 16.2. The van der Waals surface area contributed by atoms with Crippen molar-refractivity contribution in [3.05, 3.63) is 47.0 Å². The Bertz CT molecular complexity index is 645. The Morgan fingerprint density at radius 2 is 1.90 bits per heavy atom. The summed E-state index contributed by atoms with van der Waals surface area (Å²) in [6.07, 6.45) is 0. The number of methoxy groups -OCH3 is 1. The molecule has 0 aromatic heterocycles. The minimum atomic E-state index is 0.588. The Morgan fingerprint density at radius 1 is 1.10 bits per heavy atom. The molecule has 5 heteroatoms. The van der Waals surface area contributed by atoms with Crippen LogP contribution in [0.25, 0.3) is 0 Å². The van der Waals surface area contributed by atoms with E-state index in [4.69, 9.17) is 25.8 Å². The van der Waals surface area contributed by atoms with Crippen molar-refractivity contribution in [2.45, 2.75) is 6.54 Å². The number of hydrogen-bond donors (Lipinski definition) is 1. The summed E-state index contributed by atoms with van der Waals surface area (Å²) in [5.74, 6) is 2.25. The molecule has 21 heavy (non-hydrogen) atoms. The van der Waals surface area contributed by atoms with Gasteiger partial charge in [-0.3, -0.25) is 0 Å². The third-order valence-electron chi connectivity index (χ3n) is 3.26. The highest BCUT2D eigenvalue weighted by atomic mass is 35.5. The number of ether oxygens (including phenoxy) is 3. The number of hydrogen-bond acceptors (Lipinski definition) is 4. The Balaban J connectivity index is 1.68. The quantitative estimate of drug-likeness (QED) is 0.934. The van der Waals surface area contributed by atoms with Gasteiger partial charge in [-0.15, -0.1) is 0 Å². The first-order chi connectivity index (χ1) is 10.3. The van der Waals surface area contributed by atoms with Crippen LogP contribution in [0.5, 0.6) is 17.2 Å². The minimum absolute atomic E-state index is 0.588. The second-order valence-corrected chi connectivity index (χ2v) is 5.09. The summed E-state index contributed by atoms with van der Waals surface area (Å²) in [4.78, 5) is 0. The summed E-state index contributed by atoms with van der Waals surface area (Å²) in [5, 5.41) is 3.95. The fraction of sp³-hybridized carbons (Fsp3) is 0.250. The molecule has 1 N–H and O–H groups in total. The molecular weight excluding hydrogens is 290 g/mol. The lowest BCUT2D eigenvalue weighted by molar-refractivity contribution is 0.171.